The Balaban J connectivity index is 1.19. The zero-order valence-electron chi connectivity index (χ0n) is 27.3. The van der Waals surface area contributed by atoms with Gasteiger partial charge in [-0.25, -0.2) is 4.67 Å². The molecule has 5 radical (unpaired) electrons. The van der Waals surface area contributed by atoms with Crippen molar-refractivity contribution in [3.05, 3.63) is 176 Å². The van der Waals surface area contributed by atoms with Gasteiger partial charge >= 0.3 is 8.16 Å². The van der Waals surface area contributed by atoms with Crippen LogP contribution in [-0.4, -0.2) is 13.1 Å². The maximum Gasteiger partial charge on any atom is 0.309 e. The first kappa shape index (κ1) is 30.7. The Bertz CT molecular complexity index is 2410. The Morgan fingerprint density at radius 1 is 0.551 bits per heavy atom. The molecule has 1 aliphatic rings. The SMILES string of the molecule is C[C@@H]([C]1[CH][CH][CH][C]1[P@](c1ccccc1)c1cccc2ccccc12)N(C)p1oc2ccc3ccccc3c2c2c(ccc3ccccc32)o1. The van der Waals surface area contributed by atoms with E-state index in [0.29, 0.717) is 0 Å². The zero-order chi connectivity index (χ0) is 32.9. The van der Waals surface area contributed by atoms with Crippen LogP contribution in [0.2, 0.25) is 0 Å². The molecule has 0 saturated heterocycles. The van der Waals surface area contributed by atoms with Crippen LogP contribution in [0.1, 0.15) is 6.92 Å². The molecule has 5 heteroatoms. The lowest BCUT2D eigenvalue weighted by molar-refractivity contribution is 0.613. The van der Waals surface area contributed by atoms with Crippen LogP contribution in [0.4, 0.5) is 0 Å². The minimum atomic E-state index is -1.52. The first-order valence-corrected chi connectivity index (χ1v) is 19.1. The van der Waals surface area contributed by atoms with Gasteiger partial charge in [0.05, 0.1) is 0 Å². The van der Waals surface area contributed by atoms with E-state index in [1.54, 1.807) is 0 Å². The Hall–Kier alpha value is -4.39. The van der Waals surface area contributed by atoms with Gasteiger partial charge in [0.1, 0.15) is 11.2 Å². The second-order valence-corrected chi connectivity index (χ2v) is 16.1. The Labute approximate surface area is 289 Å². The standard InChI is InChI=1S/C44H34NO2P2/c1-30(35-23-13-25-41(35)48(34-18-4-3-5-19-34)42-24-12-17-31-14-6-9-20-36(31)42)45(2)49-46-39-28-26-32-15-7-10-21-37(32)43(39)44-38-22-11-8-16-33(38)27-29-40(44)47-49/h3-30H,1-2H3/t30-,48-/m0/s1. The van der Waals surface area contributed by atoms with E-state index in [4.69, 9.17) is 8.39 Å². The van der Waals surface area contributed by atoms with Gasteiger partial charge in [-0.3, -0.25) is 0 Å². The van der Waals surface area contributed by atoms with Crippen LogP contribution in [0, 0.1) is 30.8 Å². The van der Waals surface area contributed by atoms with Gasteiger partial charge in [0.2, 0.25) is 0 Å². The lowest BCUT2D eigenvalue weighted by Gasteiger charge is -2.35. The van der Waals surface area contributed by atoms with E-state index in [1.807, 2.05) is 0 Å². The Morgan fingerprint density at radius 3 is 1.71 bits per heavy atom. The van der Waals surface area contributed by atoms with Crippen molar-refractivity contribution in [1.29, 1.82) is 0 Å². The number of rotatable bonds is 6. The zero-order valence-corrected chi connectivity index (χ0v) is 29.1. The van der Waals surface area contributed by atoms with Crippen molar-refractivity contribution in [3.8, 4) is 0 Å². The van der Waals surface area contributed by atoms with Gasteiger partial charge in [-0.05, 0) is 89.2 Å². The fraction of sp³-hybridized carbons (Fsp3) is 0.0682. The summed E-state index contributed by atoms with van der Waals surface area (Å²) < 4.78 is 16.2. The molecule has 0 spiro atoms. The monoisotopic (exact) mass is 670 g/mol. The Morgan fingerprint density at radius 2 is 1.08 bits per heavy atom. The van der Waals surface area contributed by atoms with Crippen LogP contribution >= 0.6 is 16.1 Å². The summed E-state index contributed by atoms with van der Waals surface area (Å²) in [5, 5.41) is 12.2. The topological polar surface area (TPSA) is 29.5 Å². The third-order valence-electron chi connectivity index (χ3n) is 9.74. The first-order valence-electron chi connectivity index (χ1n) is 16.7. The number of nitrogens with zero attached hydrogens (tertiary/aromatic N) is 1. The fourth-order valence-electron chi connectivity index (χ4n) is 7.20. The van der Waals surface area contributed by atoms with Gasteiger partial charge in [-0.2, -0.15) is 0 Å². The highest BCUT2D eigenvalue weighted by molar-refractivity contribution is 7.76. The maximum absolute atomic E-state index is 6.98. The molecule has 0 aliphatic heterocycles. The Kier molecular flexibility index (Phi) is 8.02. The van der Waals surface area contributed by atoms with Gasteiger partial charge in [-0.15, -0.1) is 0 Å². The van der Waals surface area contributed by atoms with Gasteiger partial charge in [0.15, 0.2) is 0 Å². The predicted octanol–water partition coefficient (Wildman–Crippen LogP) is 11.6. The summed E-state index contributed by atoms with van der Waals surface area (Å²) in [4.78, 5) is 0. The fourth-order valence-corrected chi connectivity index (χ4v) is 11.3. The van der Waals surface area contributed by atoms with E-state index in [1.165, 1.54) is 43.7 Å². The van der Waals surface area contributed by atoms with Crippen LogP contribution in [0.5, 0.6) is 0 Å². The normalized spacial score (nSPS) is 15.6. The molecule has 0 unspecified atom stereocenters. The molecule has 3 nitrogen and oxygen atoms in total. The van der Waals surface area contributed by atoms with E-state index in [2.05, 4.69) is 183 Å². The minimum Gasteiger partial charge on any atom is -0.408 e. The highest BCUT2D eigenvalue weighted by Gasteiger charge is 2.42. The molecule has 1 fully saturated rings. The first-order chi connectivity index (χ1) is 24.2. The van der Waals surface area contributed by atoms with Crippen LogP contribution in [-0.2, 0) is 0 Å². The van der Waals surface area contributed by atoms with Crippen LogP contribution < -0.4 is 15.3 Å². The summed E-state index contributed by atoms with van der Waals surface area (Å²) in [5.41, 5.74) is 3.06. The molecule has 1 aliphatic carbocycles. The van der Waals surface area contributed by atoms with E-state index >= 15 is 0 Å². The molecule has 1 saturated carbocycles. The van der Waals surface area contributed by atoms with Crippen molar-refractivity contribution in [1.82, 2.24) is 0 Å². The highest BCUT2D eigenvalue weighted by Crippen LogP contribution is 2.58. The second-order valence-electron chi connectivity index (χ2n) is 12.5. The summed E-state index contributed by atoms with van der Waals surface area (Å²) in [5.74, 6) is 1.29. The third-order valence-corrected chi connectivity index (χ3v) is 13.9. The number of benzene rings is 7. The molecule has 237 valence electrons. The van der Waals surface area contributed by atoms with Crippen molar-refractivity contribution in [2.75, 3.05) is 11.7 Å². The van der Waals surface area contributed by atoms with Crippen LogP contribution in [0.3, 0.4) is 0 Å². The average Bonchev–Trinajstić information content (AvgIpc) is 3.56. The summed E-state index contributed by atoms with van der Waals surface area (Å²) in [6.45, 7) is 2.28. The molecule has 1 heterocycles. The molecular weight excluding hydrogens is 636 g/mol. The molecule has 0 bridgehead atoms. The van der Waals surface area contributed by atoms with Crippen molar-refractivity contribution in [2.24, 2.45) is 0 Å². The molecule has 0 N–H and O–H groups in total. The van der Waals surface area contributed by atoms with E-state index in [0.717, 1.165) is 32.7 Å². The lowest BCUT2D eigenvalue weighted by Crippen LogP contribution is -2.35. The molecular formula is C44H34NO2P2. The molecule has 1 aromatic heterocycles. The van der Waals surface area contributed by atoms with E-state index in [-0.39, 0.29) is 6.04 Å². The number of fused-ring (bicyclic) bond motifs is 8. The van der Waals surface area contributed by atoms with Gasteiger partial charge in [0, 0.05) is 35.4 Å². The van der Waals surface area contributed by atoms with E-state index in [9.17, 15) is 0 Å². The molecule has 7 aromatic carbocycles. The molecule has 49 heavy (non-hydrogen) atoms. The summed E-state index contributed by atoms with van der Waals surface area (Å²) in [6.07, 6.45) is 6.82. The quantitative estimate of drug-likeness (QED) is 0.165. The predicted molar refractivity (Wildman–Crippen MR) is 211 cm³/mol. The van der Waals surface area contributed by atoms with Crippen molar-refractivity contribution >= 4 is 81.0 Å². The van der Waals surface area contributed by atoms with E-state index < -0.39 is 16.1 Å². The second kappa shape index (κ2) is 12.8. The van der Waals surface area contributed by atoms with Gasteiger partial charge in [0.25, 0.3) is 0 Å². The highest BCUT2D eigenvalue weighted by atomic mass is 31.1. The van der Waals surface area contributed by atoms with Crippen molar-refractivity contribution < 1.29 is 8.39 Å². The van der Waals surface area contributed by atoms with Gasteiger partial charge in [-0.1, -0.05) is 133 Å². The summed E-state index contributed by atoms with van der Waals surface area (Å²) in [7, 11) is -0.209. The molecule has 8 aromatic rings. The maximum atomic E-state index is 6.98. The molecule has 9 rings (SSSR count). The largest absolute Gasteiger partial charge is 0.408 e. The van der Waals surface area contributed by atoms with Crippen LogP contribution in [0.15, 0.2) is 154 Å². The lowest BCUT2D eigenvalue weighted by atomic mass is 9.99. The molecule has 0 amide bonds. The van der Waals surface area contributed by atoms with Crippen LogP contribution in [0.25, 0.3) is 54.3 Å². The minimum absolute atomic E-state index is 0.0192. The molecule has 2 atom stereocenters. The van der Waals surface area contributed by atoms with Gasteiger partial charge < -0.3 is 8.39 Å². The van der Waals surface area contributed by atoms with Crippen molar-refractivity contribution in [2.45, 2.75) is 13.0 Å². The smallest absolute Gasteiger partial charge is 0.309 e. The number of hydrogen-bond donors (Lipinski definition) is 0. The number of hydrogen-bond acceptors (Lipinski definition) is 3. The average molecular weight is 671 g/mol. The third kappa shape index (κ3) is 5.37. The van der Waals surface area contributed by atoms with Crippen molar-refractivity contribution in [3.63, 3.8) is 0 Å². The summed E-state index contributed by atoms with van der Waals surface area (Å²) in [6, 6.07) is 52.2. The summed E-state index contributed by atoms with van der Waals surface area (Å²) >= 11 is 0.